The quantitative estimate of drug-likeness (QED) is 0.602. The highest BCUT2D eigenvalue weighted by Crippen LogP contribution is 2.22. The molecule has 0 aliphatic heterocycles. The first-order chi connectivity index (χ1) is 7.94. The maximum Gasteiger partial charge on any atom is 0.223 e. The first-order valence-corrected chi connectivity index (χ1v) is 7.54. The number of hydrogen-bond acceptors (Lipinski definition) is 4. The van der Waals surface area contributed by atoms with Gasteiger partial charge in [-0.1, -0.05) is 6.42 Å². The van der Waals surface area contributed by atoms with Crippen molar-refractivity contribution in [1.82, 2.24) is 10.0 Å². The Morgan fingerprint density at radius 2 is 2.12 bits per heavy atom. The first-order valence-electron chi connectivity index (χ1n) is 5.89. The van der Waals surface area contributed by atoms with E-state index in [1.807, 2.05) is 0 Å². The van der Waals surface area contributed by atoms with E-state index in [1.165, 1.54) is 7.05 Å². The van der Waals surface area contributed by atoms with Gasteiger partial charge >= 0.3 is 0 Å². The summed E-state index contributed by atoms with van der Waals surface area (Å²) < 4.78 is 24.5. The van der Waals surface area contributed by atoms with Crippen LogP contribution in [0, 0.1) is 5.92 Å². The van der Waals surface area contributed by atoms with Gasteiger partial charge in [-0.2, -0.15) is 0 Å². The van der Waals surface area contributed by atoms with E-state index in [-0.39, 0.29) is 30.2 Å². The average molecular weight is 263 g/mol. The lowest BCUT2D eigenvalue weighted by Crippen LogP contribution is -2.40. The van der Waals surface area contributed by atoms with E-state index in [0.717, 1.165) is 19.3 Å². The SMILES string of the molecule is CNS(=O)(=O)CCNC(=O)C1CCCC(N)C1. The Morgan fingerprint density at radius 1 is 1.41 bits per heavy atom. The number of sulfonamides is 1. The number of carbonyl (C=O) groups is 1. The molecule has 2 unspecified atom stereocenters. The van der Waals surface area contributed by atoms with E-state index >= 15 is 0 Å². The van der Waals surface area contributed by atoms with Crippen molar-refractivity contribution >= 4 is 15.9 Å². The lowest BCUT2D eigenvalue weighted by molar-refractivity contribution is -0.125. The fourth-order valence-corrected chi connectivity index (χ4v) is 2.60. The van der Waals surface area contributed by atoms with Crippen molar-refractivity contribution in [3.63, 3.8) is 0 Å². The van der Waals surface area contributed by atoms with Crippen LogP contribution in [0.25, 0.3) is 0 Å². The predicted molar refractivity (Wildman–Crippen MR) is 65.8 cm³/mol. The summed E-state index contributed by atoms with van der Waals surface area (Å²) in [6, 6.07) is 0.0977. The highest BCUT2D eigenvalue weighted by atomic mass is 32.2. The van der Waals surface area contributed by atoms with Crippen molar-refractivity contribution in [1.29, 1.82) is 0 Å². The molecule has 2 atom stereocenters. The van der Waals surface area contributed by atoms with Crippen molar-refractivity contribution in [2.45, 2.75) is 31.7 Å². The van der Waals surface area contributed by atoms with Gasteiger partial charge in [0.15, 0.2) is 0 Å². The fraction of sp³-hybridized carbons (Fsp3) is 0.900. The second kappa shape index (κ2) is 6.32. The number of hydrogen-bond donors (Lipinski definition) is 3. The monoisotopic (exact) mass is 263 g/mol. The van der Waals surface area contributed by atoms with Gasteiger partial charge in [0.05, 0.1) is 5.75 Å². The largest absolute Gasteiger partial charge is 0.355 e. The molecule has 7 heteroatoms. The molecule has 0 heterocycles. The molecule has 0 aromatic rings. The Balaban J connectivity index is 2.30. The van der Waals surface area contributed by atoms with Crippen LogP contribution in [0.3, 0.4) is 0 Å². The van der Waals surface area contributed by atoms with Gasteiger partial charge in [0, 0.05) is 18.5 Å². The highest BCUT2D eigenvalue weighted by molar-refractivity contribution is 7.89. The van der Waals surface area contributed by atoms with E-state index in [0.29, 0.717) is 6.42 Å². The highest BCUT2D eigenvalue weighted by Gasteiger charge is 2.25. The molecule has 100 valence electrons. The van der Waals surface area contributed by atoms with E-state index in [9.17, 15) is 13.2 Å². The Hall–Kier alpha value is -0.660. The number of rotatable bonds is 5. The molecule has 1 amide bonds. The summed E-state index contributed by atoms with van der Waals surface area (Å²) in [5, 5.41) is 2.65. The molecule has 4 N–H and O–H groups in total. The summed E-state index contributed by atoms with van der Waals surface area (Å²) in [6.07, 6.45) is 3.48. The predicted octanol–water partition coefficient (Wildman–Crippen LogP) is -0.831. The van der Waals surface area contributed by atoms with Crippen molar-refractivity contribution in [3.05, 3.63) is 0 Å². The van der Waals surface area contributed by atoms with Crippen molar-refractivity contribution in [2.75, 3.05) is 19.3 Å². The summed E-state index contributed by atoms with van der Waals surface area (Å²) >= 11 is 0. The third kappa shape index (κ3) is 5.01. The Morgan fingerprint density at radius 3 is 2.71 bits per heavy atom. The van der Waals surface area contributed by atoms with Crippen LogP contribution in [0.1, 0.15) is 25.7 Å². The maximum atomic E-state index is 11.7. The van der Waals surface area contributed by atoms with Crippen LogP contribution in [0.2, 0.25) is 0 Å². The summed E-state index contributed by atoms with van der Waals surface area (Å²) in [6.45, 7) is 0.147. The Bertz CT molecular complexity index is 356. The third-order valence-electron chi connectivity index (χ3n) is 3.07. The van der Waals surface area contributed by atoms with Crippen molar-refractivity contribution in [3.8, 4) is 0 Å². The second-order valence-electron chi connectivity index (χ2n) is 4.44. The van der Waals surface area contributed by atoms with E-state index < -0.39 is 10.0 Å². The topological polar surface area (TPSA) is 101 Å². The fourth-order valence-electron chi connectivity index (χ4n) is 2.02. The molecule has 0 aromatic heterocycles. The van der Waals surface area contributed by atoms with Gasteiger partial charge in [0.2, 0.25) is 15.9 Å². The summed E-state index contributed by atoms with van der Waals surface area (Å²) in [7, 11) is -1.89. The molecule has 0 bridgehead atoms. The number of carbonyl (C=O) groups excluding carboxylic acids is 1. The normalized spacial score (nSPS) is 25.5. The van der Waals surface area contributed by atoms with E-state index in [4.69, 9.17) is 5.73 Å². The summed E-state index contributed by atoms with van der Waals surface area (Å²) in [4.78, 5) is 11.7. The minimum Gasteiger partial charge on any atom is -0.355 e. The van der Waals surface area contributed by atoms with Gasteiger partial charge in [-0.3, -0.25) is 4.79 Å². The van der Waals surface area contributed by atoms with Crippen LogP contribution in [0.4, 0.5) is 0 Å². The molecule has 6 nitrogen and oxygen atoms in total. The van der Waals surface area contributed by atoms with Gasteiger partial charge < -0.3 is 11.1 Å². The molecule has 1 rings (SSSR count). The zero-order valence-corrected chi connectivity index (χ0v) is 10.9. The molecule has 0 aromatic carbocycles. The van der Waals surface area contributed by atoms with Crippen LogP contribution in [0.15, 0.2) is 0 Å². The summed E-state index contributed by atoms with van der Waals surface area (Å²) in [5.74, 6) is -0.226. The van der Waals surface area contributed by atoms with Gasteiger partial charge in [0.25, 0.3) is 0 Å². The third-order valence-corrected chi connectivity index (χ3v) is 4.43. The van der Waals surface area contributed by atoms with Crippen LogP contribution >= 0.6 is 0 Å². The Labute approximate surface area is 102 Å². The van der Waals surface area contributed by atoms with Gasteiger partial charge in [-0.15, -0.1) is 0 Å². The molecule has 1 aliphatic carbocycles. The molecule has 0 saturated heterocycles. The van der Waals surface area contributed by atoms with Crippen LogP contribution in [-0.4, -0.2) is 39.7 Å². The first kappa shape index (κ1) is 14.4. The lowest BCUT2D eigenvalue weighted by Gasteiger charge is -2.25. The lowest BCUT2D eigenvalue weighted by atomic mass is 9.85. The molecular weight excluding hydrogens is 242 g/mol. The second-order valence-corrected chi connectivity index (χ2v) is 6.48. The van der Waals surface area contributed by atoms with Gasteiger partial charge in [-0.05, 0) is 26.3 Å². The number of nitrogens with one attached hydrogen (secondary N) is 2. The number of amides is 1. The maximum absolute atomic E-state index is 11.7. The zero-order valence-electron chi connectivity index (χ0n) is 10.1. The standard InChI is InChI=1S/C10H21N3O3S/c1-12-17(15,16)6-5-13-10(14)8-3-2-4-9(11)7-8/h8-9,12H,2-7,11H2,1H3,(H,13,14). The average Bonchev–Trinajstić information content (AvgIpc) is 2.28. The molecule has 0 spiro atoms. The van der Waals surface area contributed by atoms with Crippen LogP contribution < -0.4 is 15.8 Å². The minimum atomic E-state index is -3.25. The molecule has 1 saturated carbocycles. The Kier molecular flexibility index (Phi) is 5.35. The van der Waals surface area contributed by atoms with Crippen LogP contribution in [-0.2, 0) is 14.8 Å². The molecule has 17 heavy (non-hydrogen) atoms. The van der Waals surface area contributed by atoms with Gasteiger partial charge in [0.1, 0.15) is 0 Å². The number of nitrogens with two attached hydrogens (primary N) is 1. The van der Waals surface area contributed by atoms with Crippen LogP contribution in [0.5, 0.6) is 0 Å². The molecular formula is C10H21N3O3S. The molecule has 1 fully saturated rings. The van der Waals surface area contributed by atoms with E-state index in [2.05, 4.69) is 10.0 Å². The molecule has 0 radical (unpaired) electrons. The van der Waals surface area contributed by atoms with Gasteiger partial charge in [-0.25, -0.2) is 13.1 Å². The zero-order chi connectivity index (χ0) is 12.9. The van der Waals surface area contributed by atoms with E-state index in [1.54, 1.807) is 0 Å². The smallest absolute Gasteiger partial charge is 0.223 e. The molecule has 1 aliphatic rings. The van der Waals surface area contributed by atoms with Crippen molar-refractivity contribution in [2.24, 2.45) is 11.7 Å². The minimum absolute atomic E-state index is 0.0592. The summed E-state index contributed by atoms with van der Waals surface area (Å²) in [5.41, 5.74) is 5.80. The van der Waals surface area contributed by atoms with Crippen molar-refractivity contribution < 1.29 is 13.2 Å².